The minimum absolute atomic E-state index is 0.0563. The molecule has 1 rings (SSSR count). The van der Waals surface area contributed by atoms with Crippen molar-refractivity contribution in [1.29, 1.82) is 0 Å². The summed E-state index contributed by atoms with van der Waals surface area (Å²) in [6.45, 7) is 5.05. The average Bonchev–Trinajstić information content (AvgIpc) is 2.38. The third-order valence-electron chi connectivity index (χ3n) is 3.39. The normalized spacial score (nSPS) is 10.9. The number of carbonyl (C=O) groups is 1. The Morgan fingerprint density at radius 3 is 2.57 bits per heavy atom. The summed E-state index contributed by atoms with van der Waals surface area (Å²) in [4.78, 5) is 11.0. The summed E-state index contributed by atoms with van der Waals surface area (Å²) >= 11 is 0. The fraction of sp³-hybridized carbons (Fsp3) is 0.562. The highest BCUT2D eigenvalue weighted by Gasteiger charge is 2.12. The molecule has 0 fully saturated rings. The maximum absolute atomic E-state index is 13.7. The van der Waals surface area contributed by atoms with Gasteiger partial charge in [-0.15, -0.1) is 0 Å². The van der Waals surface area contributed by atoms with Crippen LogP contribution < -0.4 is 11.1 Å². The molecule has 0 atom stereocenters. The molecule has 0 unspecified atom stereocenters. The van der Waals surface area contributed by atoms with Gasteiger partial charge in [0.05, 0.1) is 11.3 Å². The van der Waals surface area contributed by atoms with Gasteiger partial charge in [-0.3, -0.25) is 0 Å². The summed E-state index contributed by atoms with van der Waals surface area (Å²) < 4.78 is 13.7. The number of carboxylic acid groups (broad SMARTS) is 1. The number of rotatable bonds is 9. The molecule has 0 aliphatic heterocycles. The van der Waals surface area contributed by atoms with Crippen LogP contribution >= 0.6 is 0 Å². The van der Waals surface area contributed by atoms with E-state index in [9.17, 15) is 9.18 Å². The maximum atomic E-state index is 13.7. The van der Waals surface area contributed by atoms with Crippen LogP contribution in [0, 0.1) is 11.7 Å². The van der Waals surface area contributed by atoms with Gasteiger partial charge in [0.1, 0.15) is 5.82 Å². The molecule has 21 heavy (non-hydrogen) atoms. The number of nitrogens with one attached hydrogen (secondary N) is 1. The molecule has 0 saturated heterocycles. The number of nitrogens with two attached hydrogens (primary N) is 1. The smallest absolute Gasteiger partial charge is 0.337 e. The third kappa shape index (κ3) is 6.02. The minimum Gasteiger partial charge on any atom is -0.478 e. The lowest BCUT2D eigenvalue weighted by molar-refractivity contribution is 0.0698. The second-order valence-electron chi connectivity index (χ2n) is 5.75. The Labute approximate surface area is 125 Å². The molecule has 118 valence electrons. The molecule has 0 amide bonds. The van der Waals surface area contributed by atoms with Crippen LogP contribution in [-0.4, -0.2) is 17.6 Å². The Bertz CT molecular complexity index is 476. The van der Waals surface area contributed by atoms with Crippen LogP contribution in [0.25, 0.3) is 0 Å². The van der Waals surface area contributed by atoms with Gasteiger partial charge in [-0.1, -0.05) is 39.5 Å². The predicted molar refractivity (Wildman–Crippen MR) is 84.2 cm³/mol. The van der Waals surface area contributed by atoms with Crippen LogP contribution in [0.2, 0.25) is 0 Å². The molecule has 5 heteroatoms. The topological polar surface area (TPSA) is 75.3 Å². The summed E-state index contributed by atoms with van der Waals surface area (Å²) in [5.41, 5.74) is 5.55. The Morgan fingerprint density at radius 2 is 1.95 bits per heavy atom. The van der Waals surface area contributed by atoms with Gasteiger partial charge in [0.15, 0.2) is 0 Å². The molecule has 0 aliphatic rings. The fourth-order valence-corrected chi connectivity index (χ4v) is 2.16. The molecule has 4 nitrogen and oxygen atoms in total. The molecule has 1 aromatic rings. The van der Waals surface area contributed by atoms with E-state index < -0.39 is 11.8 Å². The maximum Gasteiger partial charge on any atom is 0.337 e. The van der Waals surface area contributed by atoms with Crippen LogP contribution in [0.3, 0.4) is 0 Å². The first-order chi connectivity index (χ1) is 9.91. The monoisotopic (exact) mass is 296 g/mol. The standard InChI is InChI=1S/C16H25FN2O2/c1-11(2)7-5-3-4-6-8-19-15-9-12(16(20)21)14(18)10-13(15)17/h9-11,19H,3-8,18H2,1-2H3,(H,20,21). The Kier molecular flexibility index (Phi) is 6.99. The second kappa shape index (κ2) is 8.49. The van der Waals surface area contributed by atoms with E-state index >= 15 is 0 Å². The van der Waals surface area contributed by atoms with E-state index in [1.807, 2.05) is 0 Å². The Balaban J connectivity index is 2.38. The van der Waals surface area contributed by atoms with E-state index in [1.54, 1.807) is 0 Å². The molecule has 0 heterocycles. The summed E-state index contributed by atoms with van der Waals surface area (Å²) in [5, 5.41) is 11.9. The number of anilines is 2. The highest BCUT2D eigenvalue weighted by Crippen LogP contribution is 2.22. The summed E-state index contributed by atoms with van der Waals surface area (Å²) in [6, 6.07) is 2.31. The van der Waals surface area contributed by atoms with E-state index in [1.165, 1.54) is 25.3 Å². The van der Waals surface area contributed by atoms with Crippen LogP contribution in [0.15, 0.2) is 12.1 Å². The van der Waals surface area contributed by atoms with Gasteiger partial charge in [-0.2, -0.15) is 0 Å². The molecule has 0 bridgehead atoms. The number of benzene rings is 1. The predicted octanol–water partition coefficient (Wildman–Crippen LogP) is 4.12. The summed E-state index contributed by atoms with van der Waals surface area (Å²) in [7, 11) is 0. The molecule has 1 aromatic carbocycles. The first-order valence-electron chi connectivity index (χ1n) is 7.48. The largest absolute Gasteiger partial charge is 0.478 e. The average molecular weight is 296 g/mol. The number of hydrogen-bond donors (Lipinski definition) is 3. The van der Waals surface area contributed by atoms with Crippen molar-refractivity contribution in [3.8, 4) is 0 Å². The molecule has 0 saturated carbocycles. The highest BCUT2D eigenvalue weighted by molar-refractivity contribution is 5.94. The second-order valence-corrected chi connectivity index (χ2v) is 5.75. The number of hydrogen-bond acceptors (Lipinski definition) is 3. The van der Waals surface area contributed by atoms with E-state index in [4.69, 9.17) is 10.8 Å². The minimum atomic E-state index is -1.15. The zero-order valence-electron chi connectivity index (χ0n) is 12.8. The molecule has 0 radical (unpaired) electrons. The first kappa shape index (κ1) is 17.3. The number of halogens is 1. The van der Waals surface area contributed by atoms with Crippen molar-refractivity contribution in [2.75, 3.05) is 17.6 Å². The zero-order valence-corrected chi connectivity index (χ0v) is 12.8. The number of aromatic carboxylic acids is 1. The lowest BCUT2D eigenvalue weighted by atomic mass is 10.0. The van der Waals surface area contributed by atoms with Gasteiger partial charge in [-0.05, 0) is 24.5 Å². The summed E-state index contributed by atoms with van der Waals surface area (Å²) in [5.74, 6) is -0.928. The van der Waals surface area contributed by atoms with Crippen molar-refractivity contribution in [3.63, 3.8) is 0 Å². The molecule has 0 aromatic heterocycles. The summed E-state index contributed by atoms with van der Waals surface area (Å²) in [6.07, 6.45) is 5.65. The van der Waals surface area contributed by atoms with Crippen molar-refractivity contribution < 1.29 is 14.3 Å². The van der Waals surface area contributed by atoms with Crippen LogP contribution in [-0.2, 0) is 0 Å². The highest BCUT2D eigenvalue weighted by atomic mass is 19.1. The molecule has 0 spiro atoms. The van der Waals surface area contributed by atoms with Crippen molar-refractivity contribution in [2.24, 2.45) is 5.92 Å². The van der Waals surface area contributed by atoms with E-state index in [0.29, 0.717) is 6.54 Å². The first-order valence-corrected chi connectivity index (χ1v) is 7.48. The van der Waals surface area contributed by atoms with Gasteiger partial charge in [0.2, 0.25) is 0 Å². The SMILES string of the molecule is CC(C)CCCCCCNc1cc(C(=O)O)c(N)cc1F. The van der Waals surface area contributed by atoms with Crippen LogP contribution in [0.5, 0.6) is 0 Å². The van der Waals surface area contributed by atoms with Crippen LogP contribution in [0.4, 0.5) is 15.8 Å². The van der Waals surface area contributed by atoms with Gasteiger partial charge in [0, 0.05) is 12.2 Å². The molecule has 0 aliphatic carbocycles. The van der Waals surface area contributed by atoms with Gasteiger partial charge in [0.25, 0.3) is 0 Å². The van der Waals surface area contributed by atoms with Crippen molar-refractivity contribution in [2.45, 2.75) is 46.0 Å². The van der Waals surface area contributed by atoms with Gasteiger partial charge in [-0.25, -0.2) is 9.18 Å². The quantitative estimate of drug-likeness (QED) is 0.473. The lowest BCUT2D eigenvalue weighted by Gasteiger charge is -2.10. The van der Waals surface area contributed by atoms with Gasteiger partial charge < -0.3 is 16.2 Å². The molecular formula is C16H25FN2O2. The molecular weight excluding hydrogens is 271 g/mol. The number of unbranched alkanes of at least 4 members (excludes halogenated alkanes) is 3. The van der Waals surface area contributed by atoms with Crippen LogP contribution in [0.1, 0.15) is 56.3 Å². The van der Waals surface area contributed by atoms with Gasteiger partial charge >= 0.3 is 5.97 Å². The van der Waals surface area contributed by atoms with Crippen molar-refractivity contribution >= 4 is 17.3 Å². The van der Waals surface area contributed by atoms with Crippen molar-refractivity contribution in [3.05, 3.63) is 23.5 Å². The zero-order chi connectivity index (χ0) is 15.8. The van der Waals surface area contributed by atoms with E-state index in [0.717, 1.165) is 24.8 Å². The van der Waals surface area contributed by atoms with Crippen molar-refractivity contribution in [1.82, 2.24) is 0 Å². The Morgan fingerprint density at radius 1 is 1.29 bits per heavy atom. The number of nitrogen functional groups attached to an aromatic ring is 1. The van der Waals surface area contributed by atoms with E-state index in [2.05, 4.69) is 19.2 Å². The van der Waals surface area contributed by atoms with E-state index in [-0.39, 0.29) is 16.9 Å². The Hall–Kier alpha value is -1.78. The fourth-order valence-electron chi connectivity index (χ4n) is 2.16. The number of carboxylic acids is 1. The molecule has 4 N–H and O–H groups in total. The third-order valence-corrected chi connectivity index (χ3v) is 3.39. The lowest BCUT2D eigenvalue weighted by Crippen LogP contribution is -2.08.